The Kier molecular flexibility index (Phi) is 4.60. The summed E-state index contributed by atoms with van der Waals surface area (Å²) in [5.74, 6) is 2.37. The first-order valence-corrected chi connectivity index (χ1v) is 8.59. The molecule has 8 heteroatoms. The van der Waals surface area contributed by atoms with Crippen LogP contribution in [0.15, 0.2) is 30.6 Å². The third kappa shape index (κ3) is 3.42. The number of hydrogen-bond acceptors (Lipinski definition) is 5. The highest BCUT2D eigenvalue weighted by Crippen LogP contribution is 2.22. The van der Waals surface area contributed by atoms with Gasteiger partial charge >= 0.3 is 0 Å². The summed E-state index contributed by atoms with van der Waals surface area (Å²) in [7, 11) is 3.57. The fourth-order valence-corrected chi connectivity index (χ4v) is 3.27. The number of fused-ring (bicyclic) bond motifs is 1. The van der Waals surface area contributed by atoms with E-state index in [1.807, 2.05) is 40.9 Å². The first kappa shape index (κ1) is 17.0. The quantitative estimate of drug-likeness (QED) is 0.730. The topological polar surface area (TPSA) is 68.2 Å². The van der Waals surface area contributed by atoms with Gasteiger partial charge in [-0.05, 0) is 12.1 Å². The van der Waals surface area contributed by atoms with Gasteiger partial charge in [-0.25, -0.2) is 14.4 Å². The van der Waals surface area contributed by atoms with E-state index in [2.05, 4.69) is 15.0 Å². The lowest BCUT2D eigenvalue weighted by Crippen LogP contribution is -2.25. The Morgan fingerprint density at radius 2 is 2.23 bits per heavy atom. The molecule has 1 saturated heterocycles. The smallest absolute Gasteiger partial charge is 0.140 e. The number of aromatic nitrogens is 4. The van der Waals surface area contributed by atoms with Crippen LogP contribution in [0.25, 0.3) is 11.0 Å². The fraction of sp³-hybridized carbons (Fsp3) is 0.444. The van der Waals surface area contributed by atoms with Crippen LogP contribution in [0.5, 0.6) is 5.75 Å². The van der Waals surface area contributed by atoms with Crippen molar-refractivity contribution in [3.8, 4) is 5.75 Å². The van der Waals surface area contributed by atoms with Gasteiger partial charge in [0.15, 0.2) is 0 Å². The number of hydrogen-bond donors (Lipinski definition) is 1. The molecule has 0 amide bonds. The molecule has 2 unspecified atom stereocenters. The highest BCUT2D eigenvalue weighted by molar-refractivity contribution is 5.76. The minimum absolute atomic E-state index is 0.248. The van der Waals surface area contributed by atoms with Crippen molar-refractivity contribution in [1.82, 2.24) is 24.4 Å². The third-order valence-corrected chi connectivity index (χ3v) is 4.73. The number of aromatic amines is 1. The van der Waals surface area contributed by atoms with Crippen LogP contribution in [0.4, 0.5) is 4.39 Å². The van der Waals surface area contributed by atoms with Gasteiger partial charge in [0.2, 0.25) is 0 Å². The van der Waals surface area contributed by atoms with E-state index in [-0.39, 0.29) is 6.61 Å². The van der Waals surface area contributed by atoms with Crippen LogP contribution in [0.1, 0.15) is 11.6 Å². The number of benzene rings is 1. The highest BCUT2D eigenvalue weighted by atomic mass is 19.1. The molecule has 2 atom stereocenters. The Morgan fingerprint density at radius 3 is 3.00 bits per heavy atom. The van der Waals surface area contributed by atoms with Gasteiger partial charge in [-0.2, -0.15) is 0 Å². The number of alkyl halides is 1. The van der Waals surface area contributed by atoms with Gasteiger partial charge in [-0.3, -0.25) is 4.90 Å². The molecule has 1 aliphatic heterocycles. The van der Waals surface area contributed by atoms with Gasteiger partial charge in [0.05, 0.1) is 24.7 Å². The van der Waals surface area contributed by atoms with Crippen molar-refractivity contribution in [2.24, 2.45) is 7.05 Å². The lowest BCUT2D eigenvalue weighted by atomic mass is 10.3. The molecule has 1 N–H and O–H groups in total. The van der Waals surface area contributed by atoms with Gasteiger partial charge in [0.25, 0.3) is 0 Å². The molecule has 138 valence electrons. The molecular formula is C18H22FN5O2. The number of nitrogens with zero attached hydrogens (tertiary/aromatic N) is 4. The molecule has 1 aromatic carbocycles. The summed E-state index contributed by atoms with van der Waals surface area (Å²) in [6.45, 7) is 1.77. The molecule has 2 aromatic heterocycles. The summed E-state index contributed by atoms with van der Waals surface area (Å²) in [4.78, 5) is 14.0. The summed E-state index contributed by atoms with van der Waals surface area (Å²) in [5.41, 5.74) is 1.71. The molecule has 1 fully saturated rings. The molecule has 0 bridgehead atoms. The van der Waals surface area contributed by atoms with Crippen molar-refractivity contribution >= 4 is 11.0 Å². The predicted octanol–water partition coefficient (Wildman–Crippen LogP) is 2.04. The van der Waals surface area contributed by atoms with Crippen LogP contribution in [-0.2, 0) is 24.9 Å². The maximum absolute atomic E-state index is 14.3. The van der Waals surface area contributed by atoms with E-state index in [0.29, 0.717) is 25.5 Å². The maximum Gasteiger partial charge on any atom is 0.140 e. The minimum Gasteiger partial charge on any atom is -0.497 e. The zero-order valence-electron chi connectivity index (χ0n) is 14.9. The van der Waals surface area contributed by atoms with Gasteiger partial charge in [0.1, 0.15) is 36.3 Å². The van der Waals surface area contributed by atoms with Crippen molar-refractivity contribution in [3.63, 3.8) is 0 Å². The average molecular weight is 359 g/mol. The van der Waals surface area contributed by atoms with E-state index in [1.54, 1.807) is 13.3 Å². The van der Waals surface area contributed by atoms with E-state index >= 15 is 0 Å². The molecule has 0 radical (unpaired) electrons. The molecule has 1 aliphatic rings. The second-order valence-corrected chi connectivity index (χ2v) is 6.58. The average Bonchev–Trinajstić information content (AvgIpc) is 3.32. The molecule has 26 heavy (non-hydrogen) atoms. The zero-order chi connectivity index (χ0) is 18.1. The van der Waals surface area contributed by atoms with Crippen molar-refractivity contribution in [2.75, 3.05) is 20.2 Å². The number of halogens is 1. The van der Waals surface area contributed by atoms with Crippen LogP contribution >= 0.6 is 0 Å². The number of rotatable bonds is 6. The highest BCUT2D eigenvalue weighted by Gasteiger charge is 2.34. The molecule has 7 nitrogen and oxygen atoms in total. The van der Waals surface area contributed by atoms with E-state index < -0.39 is 12.3 Å². The predicted molar refractivity (Wildman–Crippen MR) is 94.6 cm³/mol. The minimum atomic E-state index is -1.01. The number of aryl methyl sites for hydroxylation is 1. The number of nitrogens with one attached hydrogen (secondary N) is 1. The lowest BCUT2D eigenvalue weighted by Gasteiger charge is -2.15. The van der Waals surface area contributed by atoms with Gasteiger partial charge in [-0.1, -0.05) is 0 Å². The Labute approximate surface area is 150 Å². The second kappa shape index (κ2) is 7.05. The van der Waals surface area contributed by atoms with Gasteiger partial charge < -0.3 is 19.0 Å². The van der Waals surface area contributed by atoms with Crippen LogP contribution in [0, 0.1) is 0 Å². The van der Waals surface area contributed by atoms with Crippen LogP contribution < -0.4 is 4.74 Å². The molecular weight excluding hydrogens is 337 g/mol. The first-order valence-electron chi connectivity index (χ1n) is 8.59. The van der Waals surface area contributed by atoms with Gasteiger partial charge in [0, 0.05) is 38.6 Å². The lowest BCUT2D eigenvalue weighted by molar-refractivity contribution is 0.00857. The standard InChI is InChI=1S/C18H22FN5O2/c1-23-6-5-20-18(23)10-24-8-13(19)16(9-24)26-11-17-21-14-4-3-12(25-2)7-15(14)22-17/h3-7,13,16H,8-11H2,1-2H3,(H,21,22). The Hall–Kier alpha value is -2.45. The summed E-state index contributed by atoms with van der Waals surface area (Å²) in [5, 5.41) is 0. The van der Waals surface area contributed by atoms with E-state index in [4.69, 9.17) is 9.47 Å². The third-order valence-electron chi connectivity index (χ3n) is 4.73. The monoisotopic (exact) mass is 359 g/mol. The van der Waals surface area contributed by atoms with Crippen LogP contribution in [0.2, 0.25) is 0 Å². The van der Waals surface area contributed by atoms with Gasteiger partial charge in [-0.15, -0.1) is 0 Å². The SMILES string of the molecule is COc1ccc2nc(COC3CN(Cc4nccn4C)CC3F)[nH]c2c1. The Bertz CT molecular complexity index is 893. The summed E-state index contributed by atoms with van der Waals surface area (Å²) >= 11 is 0. The van der Waals surface area contributed by atoms with E-state index in [0.717, 1.165) is 22.6 Å². The number of H-pyrrole nitrogens is 1. The van der Waals surface area contributed by atoms with Crippen molar-refractivity contribution in [2.45, 2.75) is 25.4 Å². The molecule has 0 saturated carbocycles. The van der Waals surface area contributed by atoms with Crippen molar-refractivity contribution in [3.05, 3.63) is 42.2 Å². The molecule has 0 spiro atoms. The Balaban J connectivity index is 1.36. The Morgan fingerprint density at radius 1 is 1.35 bits per heavy atom. The number of imidazole rings is 2. The van der Waals surface area contributed by atoms with E-state index in [9.17, 15) is 4.39 Å². The number of methoxy groups -OCH3 is 1. The molecule has 3 aromatic rings. The molecule has 4 rings (SSSR count). The molecule has 3 heterocycles. The van der Waals surface area contributed by atoms with Crippen molar-refractivity contribution in [1.29, 1.82) is 0 Å². The fourth-order valence-electron chi connectivity index (χ4n) is 3.27. The largest absolute Gasteiger partial charge is 0.497 e. The number of ether oxygens (including phenoxy) is 2. The van der Waals surface area contributed by atoms with Crippen LogP contribution in [-0.4, -0.2) is 56.9 Å². The first-order chi connectivity index (χ1) is 12.6. The zero-order valence-corrected chi connectivity index (χ0v) is 14.9. The normalized spacial score (nSPS) is 20.9. The maximum atomic E-state index is 14.3. The van der Waals surface area contributed by atoms with E-state index in [1.165, 1.54) is 0 Å². The second-order valence-electron chi connectivity index (χ2n) is 6.58. The number of likely N-dealkylation sites (tertiary alicyclic amines) is 1. The summed E-state index contributed by atoms with van der Waals surface area (Å²) < 4.78 is 27.3. The molecule has 0 aliphatic carbocycles. The summed E-state index contributed by atoms with van der Waals surface area (Å²) in [6.07, 6.45) is 2.17. The van der Waals surface area contributed by atoms with Crippen LogP contribution in [0.3, 0.4) is 0 Å². The summed E-state index contributed by atoms with van der Waals surface area (Å²) in [6, 6.07) is 5.63. The van der Waals surface area contributed by atoms with Crippen molar-refractivity contribution < 1.29 is 13.9 Å².